The van der Waals surface area contributed by atoms with Crippen LogP contribution in [0.25, 0.3) is 0 Å². The summed E-state index contributed by atoms with van der Waals surface area (Å²) < 4.78 is 10.9. The van der Waals surface area contributed by atoms with Crippen LogP contribution in [0.5, 0.6) is 23.0 Å². The van der Waals surface area contributed by atoms with E-state index < -0.39 is 12.1 Å². The average Bonchev–Trinajstić information content (AvgIpc) is 2.61. The first-order valence-electron chi connectivity index (χ1n) is 8.78. The zero-order valence-electron chi connectivity index (χ0n) is 16.2. The normalized spacial score (nSPS) is 11.9. The maximum absolute atomic E-state index is 11.9. The molecule has 0 fully saturated rings. The molecule has 3 N–H and O–H groups in total. The van der Waals surface area contributed by atoms with E-state index in [-0.39, 0.29) is 40.0 Å². The molecule has 2 rings (SSSR count). The van der Waals surface area contributed by atoms with E-state index in [1.54, 1.807) is 6.92 Å². The van der Waals surface area contributed by atoms with Crippen molar-refractivity contribution in [1.29, 1.82) is 0 Å². The van der Waals surface area contributed by atoms with Crippen molar-refractivity contribution in [3.05, 3.63) is 46.5 Å². The van der Waals surface area contributed by atoms with Gasteiger partial charge in [0, 0.05) is 5.56 Å². The molecule has 0 bridgehead atoms. The second-order valence-corrected chi connectivity index (χ2v) is 6.93. The summed E-state index contributed by atoms with van der Waals surface area (Å²) in [5.74, 6) is -1.74. The second-order valence-electron chi connectivity index (χ2n) is 6.93. The van der Waals surface area contributed by atoms with Crippen molar-refractivity contribution in [2.24, 2.45) is 5.92 Å². The Morgan fingerprint density at radius 1 is 1.21 bits per heavy atom. The summed E-state index contributed by atoms with van der Waals surface area (Å²) >= 11 is 0. The number of aliphatic hydroxyl groups excluding tert-OH is 1. The predicted octanol–water partition coefficient (Wildman–Crippen LogP) is 4.09. The van der Waals surface area contributed by atoms with Gasteiger partial charge in [-0.1, -0.05) is 13.8 Å². The van der Waals surface area contributed by atoms with E-state index in [9.17, 15) is 24.9 Å². The number of carbonyl (C=O) groups is 2. The van der Waals surface area contributed by atoms with Crippen LogP contribution in [-0.4, -0.2) is 34.7 Å². The van der Waals surface area contributed by atoms with Crippen LogP contribution in [0, 0.1) is 12.8 Å². The second kappa shape index (κ2) is 8.75. The molecule has 0 heterocycles. The number of hydrogen-bond acceptors (Lipinski definition) is 6. The number of aromatic hydroxyl groups is 1. The van der Waals surface area contributed by atoms with Crippen LogP contribution >= 0.6 is 0 Å². The van der Waals surface area contributed by atoms with E-state index in [1.165, 1.54) is 31.4 Å². The fourth-order valence-electron chi connectivity index (χ4n) is 3.01. The number of aryl methyl sites for hydroxylation is 1. The third kappa shape index (κ3) is 4.43. The molecule has 0 amide bonds. The van der Waals surface area contributed by atoms with Crippen molar-refractivity contribution in [1.82, 2.24) is 0 Å². The number of aromatic carboxylic acids is 1. The molecule has 28 heavy (non-hydrogen) atoms. The van der Waals surface area contributed by atoms with E-state index in [2.05, 4.69) is 0 Å². The van der Waals surface area contributed by atoms with Crippen molar-refractivity contribution >= 4 is 12.3 Å². The number of carboxylic acids is 1. The van der Waals surface area contributed by atoms with Crippen LogP contribution < -0.4 is 9.47 Å². The lowest BCUT2D eigenvalue weighted by Gasteiger charge is -2.20. The predicted molar refractivity (Wildman–Crippen MR) is 103 cm³/mol. The number of carbonyl (C=O) groups excluding carboxylic acids is 1. The van der Waals surface area contributed by atoms with Gasteiger partial charge in [-0.05, 0) is 49.1 Å². The summed E-state index contributed by atoms with van der Waals surface area (Å²) in [6, 6.07) is 5.81. The van der Waals surface area contributed by atoms with Gasteiger partial charge in [0.2, 0.25) is 0 Å². The molecule has 7 nitrogen and oxygen atoms in total. The Balaban J connectivity index is 2.61. The fourth-order valence-corrected chi connectivity index (χ4v) is 3.01. The highest BCUT2D eigenvalue weighted by molar-refractivity contribution is 5.95. The summed E-state index contributed by atoms with van der Waals surface area (Å²) in [6.07, 6.45) is 0.0184. The summed E-state index contributed by atoms with van der Waals surface area (Å²) in [6.45, 7) is 5.58. The SMILES string of the molecule is COc1c([C@H](O)CC(C)C)ccc(Oc2c(O)cc(C)cc2C=O)c1C(=O)O. The molecule has 2 aromatic carbocycles. The molecule has 0 aliphatic carbocycles. The van der Waals surface area contributed by atoms with Gasteiger partial charge in [0.1, 0.15) is 17.1 Å². The van der Waals surface area contributed by atoms with Crippen LogP contribution in [0.2, 0.25) is 0 Å². The number of rotatable bonds is 8. The Bertz CT molecular complexity index is 887. The zero-order chi connectivity index (χ0) is 21.0. The van der Waals surface area contributed by atoms with Crippen molar-refractivity contribution in [3.8, 4) is 23.0 Å². The van der Waals surface area contributed by atoms with Crippen molar-refractivity contribution < 1.29 is 34.4 Å². The highest BCUT2D eigenvalue weighted by Gasteiger charge is 2.26. The zero-order valence-corrected chi connectivity index (χ0v) is 16.2. The first kappa shape index (κ1) is 21.2. The van der Waals surface area contributed by atoms with Crippen molar-refractivity contribution in [2.75, 3.05) is 7.11 Å². The van der Waals surface area contributed by atoms with Gasteiger partial charge in [-0.2, -0.15) is 0 Å². The monoisotopic (exact) mass is 388 g/mol. The Morgan fingerprint density at radius 3 is 2.43 bits per heavy atom. The Labute approximate surface area is 163 Å². The minimum atomic E-state index is -1.33. The highest BCUT2D eigenvalue weighted by Crippen LogP contribution is 2.41. The molecule has 2 aromatic rings. The summed E-state index contributed by atoms with van der Waals surface area (Å²) in [5, 5.41) is 30.3. The van der Waals surface area contributed by atoms with Gasteiger partial charge in [0.25, 0.3) is 0 Å². The van der Waals surface area contributed by atoms with Gasteiger partial charge in [0.15, 0.2) is 17.8 Å². The number of benzene rings is 2. The van der Waals surface area contributed by atoms with Crippen LogP contribution in [0.4, 0.5) is 0 Å². The Kier molecular flexibility index (Phi) is 6.64. The Morgan fingerprint density at radius 2 is 1.89 bits per heavy atom. The van der Waals surface area contributed by atoms with Crippen LogP contribution in [0.1, 0.15) is 58.2 Å². The lowest BCUT2D eigenvalue weighted by atomic mass is 9.96. The first-order chi connectivity index (χ1) is 13.2. The molecule has 150 valence electrons. The smallest absolute Gasteiger partial charge is 0.343 e. The number of methoxy groups -OCH3 is 1. The highest BCUT2D eigenvalue weighted by atomic mass is 16.5. The third-order valence-electron chi connectivity index (χ3n) is 4.20. The van der Waals surface area contributed by atoms with Gasteiger partial charge in [-0.3, -0.25) is 4.79 Å². The molecule has 0 saturated carbocycles. The summed E-state index contributed by atoms with van der Waals surface area (Å²) in [4.78, 5) is 23.3. The minimum Gasteiger partial charge on any atom is -0.504 e. The number of phenols is 1. The average molecular weight is 388 g/mol. The number of aliphatic hydroxyl groups is 1. The van der Waals surface area contributed by atoms with E-state index in [1.807, 2.05) is 13.8 Å². The molecule has 1 atom stereocenters. The molecule has 0 radical (unpaired) electrons. The molecular formula is C21H24O7. The van der Waals surface area contributed by atoms with Gasteiger partial charge >= 0.3 is 5.97 Å². The van der Waals surface area contributed by atoms with Gasteiger partial charge in [-0.15, -0.1) is 0 Å². The molecule has 0 aliphatic rings. The summed E-state index contributed by atoms with van der Waals surface area (Å²) in [7, 11) is 1.30. The lowest BCUT2D eigenvalue weighted by Crippen LogP contribution is -2.10. The number of ether oxygens (including phenoxy) is 2. The maximum atomic E-state index is 11.9. The minimum absolute atomic E-state index is 0.0302. The number of hydrogen-bond donors (Lipinski definition) is 3. The molecule has 0 unspecified atom stereocenters. The molecule has 0 aliphatic heterocycles. The summed E-state index contributed by atoms with van der Waals surface area (Å²) in [5.41, 5.74) is 0.746. The molecular weight excluding hydrogens is 364 g/mol. The molecule has 0 aromatic heterocycles. The molecule has 0 spiro atoms. The molecule has 0 saturated heterocycles. The quantitative estimate of drug-likeness (QED) is 0.584. The van der Waals surface area contributed by atoms with Crippen molar-refractivity contribution in [2.45, 2.75) is 33.3 Å². The molecule has 7 heteroatoms. The first-order valence-corrected chi connectivity index (χ1v) is 8.78. The van der Waals surface area contributed by atoms with E-state index >= 15 is 0 Å². The maximum Gasteiger partial charge on any atom is 0.343 e. The lowest BCUT2D eigenvalue weighted by molar-refractivity contribution is 0.0689. The number of phenolic OH excluding ortho intramolecular Hbond substituents is 1. The fraction of sp³-hybridized carbons (Fsp3) is 0.333. The number of carboxylic acid groups (broad SMARTS) is 1. The third-order valence-corrected chi connectivity index (χ3v) is 4.20. The largest absolute Gasteiger partial charge is 0.504 e. The van der Waals surface area contributed by atoms with Crippen molar-refractivity contribution in [3.63, 3.8) is 0 Å². The standard InChI is InChI=1S/C21H24O7/c1-11(2)7-15(23)14-5-6-17(18(21(25)26)20(14)27-4)28-19-13(10-22)8-12(3)9-16(19)24/h5-6,8-11,15,23-24H,7H2,1-4H3,(H,25,26)/t15-/m1/s1. The Hall–Kier alpha value is -3.06. The van der Waals surface area contributed by atoms with E-state index in [0.29, 0.717) is 23.8 Å². The topological polar surface area (TPSA) is 113 Å². The van der Waals surface area contributed by atoms with E-state index in [0.717, 1.165) is 0 Å². The van der Waals surface area contributed by atoms with Gasteiger partial charge in [0.05, 0.1) is 18.8 Å². The number of aldehydes is 1. The van der Waals surface area contributed by atoms with Crippen LogP contribution in [0.15, 0.2) is 24.3 Å². The van der Waals surface area contributed by atoms with Gasteiger partial charge < -0.3 is 24.8 Å². The van der Waals surface area contributed by atoms with Gasteiger partial charge in [-0.25, -0.2) is 4.79 Å². The van der Waals surface area contributed by atoms with Crippen LogP contribution in [-0.2, 0) is 0 Å². The van der Waals surface area contributed by atoms with Crippen LogP contribution in [0.3, 0.4) is 0 Å². The van der Waals surface area contributed by atoms with E-state index in [4.69, 9.17) is 9.47 Å².